The van der Waals surface area contributed by atoms with Crippen molar-refractivity contribution in [1.82, 2.24) is 15.5 Å². The van der Waals surface area contributed by atoms with E-state index in [1.807, 2.05) is 0 Å². The summed E-state index contributed by atoms with van der Waals surface area (Å²) in [5.74, 6) is 1.80. The van der Waals surface area contributed by atoms with Crippen molar-refractivity contribution in [2.45, 2.75) is 46.1 Å². The largest absolute Gasteiger partial charge is 0.357 e. The molecule has 0 bridgehead atoms. The van der Waals surface area contributed by atoms with E-state index in [2.05, 4.69) is 73.6 Å². The Bertz CT molecular complexity index is 510. The fraction of sp³-hybridized carbons (Fsp3) is 0.650. The molecule has 0 aliphatic carbocycles. The van der Waals surface area contributed by atoms with Gasteiger partial charge in [-0.15, -0.1) is 24.0 Å². The number of aliphatic imine (C=N–C) groups is 1. The normalized spacial score (nSPS) is 18.2. The average molecular weight is 458 g/mol. The highest BCUT2D eigenvalue weighted by Gasteiger charge is 2.24. The summed E-state index contributed by atoms with van der Waals surface area (Å²) in [6, 6.07) is 10.8. The molecule has 1 unspecified atom stereocenters. The minimum absolute atomic E-state index is 0. The van der Waals surface area contributed by atoms with E-state index in [1.54, 1.807) is 0 Å². The van der Waals surface area contributed by atoms with Gasteiger partial charge in [-0.1, -0.05) is 30.3 Å². The topological polar surface area (TPSA) is 39.7 Å². The lowest BCUT2D eigenvalue weighted by Gasteiger charge is -2.23. The predicted octanol–water partition coefficient (Wildman–Crippen LogP) is 3.52. The summed E-state index contributed by atoms with van der Waals surface area (Å²) in [4.78, 5) is 7.23. The number of nitrogens with one attached hydrogen (secondary N) is 2. The van der Waals surface area contributed by atoms with Gasteiger partial charge >= 0.3 is 0 Å². The van der Waals surface area contributed by atoms with Crippen LogP contribution < -0.4 is 10.6 Å². The third-order valence-electron chi connectivity index (χ3n) is 4.32. The number of hydrogen-bond donors (Lipinski definition) is 2. The van der Waals surface area contributed by atoms with Crippen LogP contribution in [0.1, 0.15) is 39.7 Å². The summed E-state index contributed by atoms with van der Waals surface area (Å²) in [6.07, 6.45) is 2.42. The lowest BCUT2D eigenvalue weighted by molar-refractivity contribution is 0.429. The van der Waals surface area contributed by atoms with Gasteiger partial charge in [0.15, 0.2) is 5.96 Å². The average Bonchev–Trinajstić information content (AvgIpc) is 2.99. The van der Waals surface area contributed by atoms with Gasteiger partial charge in [-0.3, -0.25) is 4.99 Å². The van der Waals surface area contributed by atoms with Crippen LogP contribution in [0.5, 0.6) is 0 Å². The summed E-state index contributed by atoms with van der Waals surface area (Å²) in [7, 11) is 0. The number of rotatable bonds is 6. The van der Waals surface area contributed by atoms with Crippen molar-refractivity contribution in [2.75, 3.05) is 32.7 Å². The van der Waals surface area contributed by atoms with E-state index in [4.69, 9.17) is 4.99 Å². The van der Waals surface area contributed by atoms with E-state index in [0.717, 1.165) is 44.6 Å². The zero-order valence-electron chi connectivity index (χ0n) is 16.2. The van der Waals surface area contributed by atoms with E-state index in [9.17, 15) is 0 Å². The first-order valence-electron chi connectivity index (χ1n) is 9.30. The van der Waals surface area contributed by atoms with Gasteiger partial charge < -0.3 is 15.5 Å². The summed E-state index contributed by atoms with van der Waals surface area (Å²) in [5.41, 5.74) is 1.60. The minimum Gasteiger partial charge on any atom is -0.357 e. The zero-order chi connectivity index (χ0) is 17.4. The Kier molecular flexibility index (Phi) is 9.79. The Morgan fingerprint density at radius 2 is 1.96 bits per heavy atom. The van der Waals surface area contributed by atoms with Gasteiger partial charge in [-0.05, 0) is 52.0 Å². The second-order valence-corrected chi connectivity index (χ2v) is 7.70. The lowest BCUT2D eigenvalue weighted by atomic mass is 9.99. The number of benzene rings is 1. The van der Waals surface area contributed by atoms with Crippen LogP contribution in [0.2, 0.25) is 0 Å². The molecule has 1 aliphatic heterocycles. The Morgan fingerprint density at radius 3 is 2.60 bits per heavy atom. The monoisotopic (exact) mass is 458 g/mol. The van der Waals surface area contributed by atoms with Gasteiger partial charge in [0.05, 0.1) is 6.54 Å². The molecule has 1 aromatic carbocycles. The Hall–Kier alpha value is -0.820. The van der Waals surface area contributed by atoms with Crippen molar-refractivity contribution < 1.29 is 0 Å². The van der Waals surface area contributed by atoms with Gasteiger partial charge in [0.25, 0.3) is 0 Å². The molecule has 1 heterocycles. The van der Waals surface area contributed by atoms with Gasteiger partial charge in [-0.25, -0.2) is 0 Å². The molecule has 25 heavy (non-hydrogen) atoms. The van der Waals surface area contributed by atoms with Crippen molar-refractivity contribution in [2.24, 2.45) is 10.9 Å². The smallest absolute Gasteiger partial charge is 0.193 e. The maximum Gasteiger partial charge on any atom is 0.193 e. The second kappa shape index (κ2) is 11.0. The SMILES string of the molecule is CCNC(=NCCNC(C)(C)C)N1CCC(Cc2ccccc2)C1.I. The first-order valence-corrected chi connectivity index (χ1v) is 9.30. The van der Waals surface area contributed by atoms with Crippen molar-refractivity contribution in [3.63, 3.8) is 0 Å². The third kappa shape index (κ3) is 8.40. The number of guanidine groups is 1. The molecule has 142 valence electrons. The van der Waals surface area contributed by atoms with Gasteiger partial charge in [-0.2, -0.15) is 0 Å². The van der Waals surface area contributed by atoms with Gasteiger partial charge in [0.2, 0.25) is 0 Å². The van der Waals surface area contributed by atoms with Crippen LogP contribution in [0.4, 0.5) is 0 Å². The summed E-state index contributed by atoms with van der Waals surface area (Å²) >= 11 is 0. The maximum absolute atomic E-state index is 4.81. The predicted molar refractivity (Wildman–Crippen MR) is 119 cm³/mol. The summed E-state index contributed by atoms with van der Waals surface area (Å²) < 4.78 is 0. The molecule has 1 atom stereocenters. The summed E-state index contributed by atoms with van der Waals surface area (Å²) in [5, 5.41) is 6.95. The molecule has 1 aliphatic rings. The molecule has 1 aromatic rings. The first-order chi connectivity index (χ1) is 11.5. The van der Waals surface area contributed by atoms with E-state index in [1.165, 1.54) is 18.4 Å². The molecule has 0 saturated carbocycles. The standard InChI is InChI=1S/C20H34N4.HI/c1-5-21-19(22-12-13-23-20(2,3)4)24-14-11-18(16-24)15-17-9-7-6-8-10-17;/h6-10,18,23H,5,11-16H2,1-4H3,(H,21,22);1H. The number of likely N-dealkylation sites (tertiary alicyclic amines) is 1. The lowest BCUT2D eigenvalue weighted by Crippen LogP contribution is -2.41. The quantitative estimate of drug-likeness (QED) is 0.297. The fourth-order valence-electron chi connectivity index (χ4n) is 3.16. The molecular formula is C20H35IN4. The molecule has 0 amide bonds. The van der Waals surface area contributed by atoms with Crippen molar-refractivity contribution in [3.8, 4) is 0 Å². The van der Waals surface area contributed by atoms with E-state index >= 15 is 0 Å². The third-order valence-corrected chi connectivity index (χ3v) is 4.32. The molecule has 2 rings (SSSR count). The van der Waals surface area contributed by atoms with Crippen LogP contribution >= 0.6 is 24.0 Å². The molecule has 0 radical (unpaired) electrons. The van der Waals surface area contributed by atoms with Crippen LogP contribution in [0.25, 0.3) is 0 Å². The van der Waals surface area contributed by atoms with Gasteiger partial charge in [0.1, 0.15) is 0 Å². The van der Waals surface area contributed by atoms with Crippen molar-refractivity contribution in [1.29, 1.82) is 0 Å². The molecule has 5 heteroatoms. The van der Waals surface area contributed by atoms with Crippen LogP contribution in [-0.4, -0.2) is 49.1 Å². The maximum atomic E-state index is 4.81. The molecule has 0 spiro atoms. The highest BCUT2D eigenvalue weighted by Crippen LogP contribution is 2.20. The minimum atomic E-state index is 0. The van der Waals surface area contributed by atoms with Crippen molar-refractivity contribution >= 4 is 29.9 Å². The fourth-order valence-corrected chi connectivity index (χ4v) is 3.16. The molecule has 0 aromatic heterocycles. The van der Waals surface area contributed by atoms with Crippen molar-refractivity contribution in [3.05, 3.63) is 35.9 Å². The number of hydrogen-bond acceptors (Lipinski definition) is 2. The van der Waals surface area contributed by atoms with Gasteiger partial charge in [0, 0.05) is 31.7 Å². The summed E-state index contributed by atoms with van der Waals surface area (Å²) in [6.45, 7) is 13.6. The van der Waals surface area contributed by atoms with E-state index in [0.29, 0.717) is 0 Å². The van der Waals surface area contributed by atoms with Crippen LogP contribution in [-0.2, 0) is 6.42 Å². The molecule has 4 nitrogen and oxygen atoms in total. The van der Waals surface area contributed by atoms with Crippen LogP contribution in [0.3, 0.4) is 0 Å². The van der Waals surface area contributed by atoms with E-state index in [-0.39, 0.29) is 29.5 Å². The number of nitrogens with zero attached hydrogens (tertiary/aromatic N) is 2. The molecule has 1 saturated heterocycles. The van der Waals surface area contributed by atoms with Crippen LogP contribution in [0.15, 0.2) is 35.3 Å². The highest BCUT2D eigenvalue weighted by atomic mass is 127. The molecular weight excluding hydrogens is 423 g/mol. The Balaban J connectivity index is 0.00000312. The number of halogens is 1. The zero-order valence-corrected chi connectivity index (χ0v) is 18.5. The Labute approximate surface area is 170 Å². The molecule has 1 fully saturated rings. The first kappa shape index (κ1) is 22.2. The Morgan fingerprint density at radius 1 is 1.24 bits per heavy atom. The van der Waals surface area contributed by atoms with E-state index < -0.39 is 0 Å². The van der Waals surface area contributed by atoms with Crippen LogP contribution in [0, 0.1) is 5.92 Å². The highest BCUT2D eigenvalue weighted by molar-refractivity contribution is 14.0. The molecule has 2 N–H and O–H groups in total. The second-order valence-electron chi connectivity index (χ2n) is 7.70.